The topological polar surface area (TPSA) is 38.7 Å². The molecule has 10 heavy (non-hydrogen) atoms. The fraction of sp³-hybridized carbons (Fsp3) is 0. The molecule has 0 bridgehead atoms. The molecular formula is C7H5N3. The Labute approximate surface area is 57.8 Å². The molecule has 0 amide bonds. The average molecular weight is 131 g/mol. The zero-order chi connectivity index (χ0) is 6.81. The van der Waals surface area contributed by atoms with Crippen molar-refractivity contribution in [1.82, 2.24) is 15.0 Å². The van der Waals surface area contributed by atoms with E-state index in [1.165, 1.54) is 6.33 Å². The van der Waals surface area contributed by atoms with E-state index in [9.17, 15) is 0 Å². The second-order valence-corrected chi connectivity index (χ2v) is 1.96. The maximum Gasteiger partial charge on any atom is 0.116 e. The van der Waals surface area contributed by atoms with Crippen molar-refractivity contribution in [1.29, 1.82) is 0 Å². The number of rotatable bonds is 0. The number of aromatic nitrogens is 3. The molecule has 2 aromatic heterocycles. The molecule has 48 valence electrons. The van der Waals surface area contributed by atoms with Crippen molar-refractivity contribution >= 4 is 10.9 Å². The highest BCUT2D eigenvalue weighted by Crippen LogP contribution is 2.04. The average Bonchev–Trinajstić information content (AvgIpc) is 2.05. The summed E-state index contributed by atoms with van der Waals surface area (Å²) < 4.78 is 0. The molecule has 0 aromatic carbocycles. The van der Waals surface area contributed by atoms with E-state index < -0.39 is 0 Å². The van der Waals surface area contributed by atoms with Gasteiger partial charge >= 0.3 is 0 Å². The fourth-order valence-electron chi connectivity index (χ4n) is 0.826. The minimum Gasteiger partial charge on any atom is -0.264 e. The smallest absolute Gasteiger partial charge is 0.116 e. The van der Waals surface area contributed by atoms with Gasteiger partial charge in [0.1, 0.15) is 6.33 Å². The molecule has 2 heterocycles. The lowest BCUT2D eigenvalue weighted by Crippen LogP contribution is -1.80. The van der Waals surface area contributed by atoms with Crippen LogP contribution in [0.15, 0.2) is 31.0 Å². The molecule has 0 N–H and O–H groups in total. The van der Waals surface area contributed by atoms with E-state index in [1.54, 1.807) is 18.6 Å². The molecule has 0 unspecified atom stereocenters. The van der Waals surface area contributed by atoms with E-state index in [0.717, 1.165) is 10.9 Å². The number of hydrogen-bond donors (Lipinski definition) is 0. The normalized spacial score (nSPS) is 10.0. The Bertz CT molecular complexity index is 280. The summed E-state index contributed by atoms with van der Waals surface area (Å²) in [6.45, 7) is 0. The summed E-state index contributed by atoms with van der Waals surface area (Å²) in [7, 11) is 0. The molecular weight excluding hydrogens is 126 g/mol. The molecule has 0 aliphatic rings. The third kappa shape index (κ3) is 0.719. The minimum atomic E-state index is 0.935. The Balaban J connectivity index is 2.89. The van der Waals surface area contributed by atoms with Gasteiger partial charge in [0.25, 0.3) is 0 Å². The molecule has 0 saturated heterocycles. The van der Waals surface area contributed by atoms with Crippen molar-refractivity contribution in [2.45, 2.75) is 0 Å². The Kier molecular flexibility index (Phi) is 1.07. The summed E-state index contributed by atoms with van der Waals surface area (Å²) >= 11 is 0. The Morgan fingerprint density at radius 2 is 2.00 bits per heavy atom. The molecule has 0 atom stereocenters. The zero-order valence-electron chi connectivity index (χ0n) is 5.23. The van der Waals surface area contributed by atoms with Gasteiger partial charge in [0.05, 0.1) is 5.52 Å². The number of hydrogen-bond acceptors (Lipinski definition) is 3. The van der Waals surface area contributed by atoms with Crippen LogP contribution in [-0.4, -0.2) is 15.0 Å². The van der Waals surface area contributed by atoms with Crippen molar-refractivity contribution in [3.8, 4) is 0 Å². The first-order valence-electron chi connectivity index (χ1n) is 2.96. The molecule has 0 fully saturated rings. The van der Waals surface area contributed by atoms with Gasteiger partial charge in [-0.2, -0.15) is 0 Å². The molecule has 0 saturated carbocycles. The van der Waals surface area contributed by atoms with Crippen LogP contribution < -0.4 is 0 Å². The number of pyridine rings is 1. The van der Waals surface area contributed by atoms with Crippen LogP contribution in [0.3, 0.4) is 0 Å². The number of nitrogens with zero attached hydrogens (tertiary/aromatic N) is 3. The Hall–Kier alpha value is -1.51. The largest absolute Gasteiger partial charge is 0.264 e. The lowest BCUT2D eigenvalue weighted by Gasteiger charge is -1.90. The summed E-state index contributed by atoms with van der Waals surface area (Å²) in [6.07, 6.45) is 6.74. The van der Waals surface area contributed by atoms with Crippen molar-refractivity contribution < 1.29 is 0 Å². The van der Waals surface area contributed by atoms with Crippen LogP contribution in [-0.2, 0) is 0 Å². The lowest BCUT2D eigenvalue weighted by atomic mass is 10.3. The van der Waals surface area contributed by atoms with Gasteiger partial charge in [-0.05, 0) is 6.07 Å². The van der Waals surface area contributed by atoms with E-state index in [2.05, 4.69) is 15.0 Å². The van der Waals surface area contributed by atoms with Crippen molar-refractivity contribution in [3.05, 3.63) is 31.0 Å². The van der Waals surface area contributed by atoms with Crippen molar-refractivity contribution in [2.75, 3.05) is 0 Å². The van der Waals surface area contributed by atoms with Gasteiger partial charge in [-0.1, -0.05) is 0 Å². The van der Waals surface area contributed by atoms with Gasteiger partial charge in [0, 0.05) is 24.0 Å². The lowest BCUT2D eigenvalue weighted by molar-refractivity contribution is 1.21. The highest BCUT2D eigenvalue weighted by Gasteiger charge is 1.88. The van der Waals surface area contributed by atoms with Gasteiger partial charge in [0.2, 0.25) is 0 Å². The highest BCUT2D eigenvalue weighted by atomic mass is 14.8. The second-order valence-electron chi connectivity index (χ2n) is 1.96. The third-order valence-electron chi connectivity index (χ3n) is 1.30. The van der Waals surface area contributed by atoms with E-state index in [1.807, 2.05) is 6.07 Å². The minimum absolute atomic E-state index is 0.935. The molecule has 3 nitrogen and oxygen atoms in total. The predicted octanol–water partition coefficient (Wildman–Crippen LogP) is 1.02. The summed E-state index contributed by atoms with van der Waals surface area (Å²) in [6, 6.07) is 1.86. The van der Waals surface area contributed by atoms with E-state index in [4.69, 9.17) is 0 Å². The van der Waals surface area contributed by atoms with E-state index >= 15 is 0 Å². The maximum atomic E-state index is 4.03. The first-order chi connectivity index (χ1) is 4.97. The second kappa shape index (κ2) is 2.02. The monoisotopic (exact) mass is 131 g/mol. The van der Waals surface area contributed by atoms with Gasteiger partial charge in [-0.25, -0.2) is 9.97 Å². The predicted molar refractivity (Wildman–Crippen MR) is 37.3 cm³/mol. The fourth-order valence-corrected chi connectivity index (χ4v) is 0.826. The summed E-state index contributed by atoms with van der Waals surface area (Å²) in [5.74, 6) is 0. The SMILES string of the molecule is c1cc2ncncc2cn1. The van der Waals surface area contributed by atoms with Crippen molar-refractivity contribution in [2.24, 2.45) is 0 Å². The maximum absolute atomic E-state index is 4.03. The molecule has 2 rings (SSSR count). The molecule has 0 aliphatic heterocycles. The zero-order valence-corrected chi connectivity index (χ0v) is 5.23. The summed E-state index contributed by atoms with van der Waals surface area (Å²) in [5, 5.41) is 0.977. The first-order valence-corrected chi connectivity index (χ1v) is 2.96. The summed E-state index contributed by atoms with van der Waals surface area (Å²) in [5.41, 5.74) is 0.935. The standard InChI is InChI=1S/C7H5N3/c1-2-8-3-6-4-9-5-10-7(1)6/h1-5H. The molecule has 0 spiro atoms. The first kappa shape index (κ1) is 5.29. The van der Waals surface area contributed by atoms with Crippen LogP contribution in [0.1, 0.15) is 0 Å². The van der Waals surface area contributed by atoms with Crippen LogP contribution in [0, 0.1) is 0 Å². The van der Waals surface area contributed by atoms with Gasteiger partial charge < -0.3 is 0 Å². The third-order valence-corrected chi connectivity index (χ3v) is 1.30. The molecule has 0 radical (unpaired) electrons. The Morgan fingerprint density at radius 3 is 2.90 bits per heavy atom. The van der Waals surface area contributed by atoms with Crippen LogP contribution in [0.5, 0.6) is 0 Å². The molecule has 3 heteroatoms. The van der Waals surface area contributed by atoms with Crippen LogP contribution in [0.25, 0.3) is 10.9 Å². The highest BCUT2D eigenvalue weighted by molar-refractivity contribution is 5.75. The molecule has 0 aliphatic carbocycles. The van der Waals surface area contributed by atoms with Gasteiger partial charge in [0.15, 0.2) is 0 Å². The Morgan fingerprint density at radius 1 is 1.10 bits per heavy atom. The van der Waals surface area contributed by atoms with E-state index in [0.29, 0.717) is 0 Å². The quantitative estimate of drug-likeness (QED) is 0.536. The number of fused-ring (bicyclic) bond motifs is 1. The van der Waals surface area contributed by atoms with Crippen LogP contribution in [0.4, 0.5) is 0 Å². The van der Waals surface area contributed by atoms with Crippen LogP contribution in [0.2, 0.25) is 0 Å². The molecule has 2 aromatic rings. The van der Waals surface area contributed by atoms with E-state index in [-0.39, 0.29) is 0 Å². The van der Waals surface area contributed by atoms with Gasteiger partial charge in [-0.15, -0.1) is 0 Å². The van der Waals surface area contributed by atoms with Gasteiger partial charge in [-0.3, -0.25) is 4.98 Å². The summed E-state index contributed by atoms with van der Waals surface area (Å²) in [4.78, 5) is 11.8. The van der Waals surface area contributed by atoms with Crippen molar-refractivity contribution in [3.63, 3.8) is 0 Å². The van der Waals surface area contributed by atoms with Crippen LogP contribution >= 0.6 is 0 Å².